The van der Waals surface area contributed by atoms with Gasteiger partial charge in [-0.3, -0.25) is 4.79 Å². The highest BCUT2D eigenvalue weighted by molar-refractivity contribution is 7.82. The first-order chi connectivity index (χ1) is 14.9. The van der Waals surface area contributed by atoms with Crippen molar-refractivity contribution in [2.45, 2.75) is 0 Å². The second-order valence-electron chi connectivity index (χ2n) is 6.32. The van der Waals surface area contributed by atoms with Crippen LogP contribution in [0.3, 0.4) is 0 Å². The van der Waals surface area contributed by atoms with Gasteiger partial charge in [0, 0.05) is 16.9 Å². The molecule has 3 rings (SSSR count). The number of urea groups is 1. The van der Waals surface area contributed by atoms with E-state index in [1.807, 2.05) is 0 Å². The molecule has 0 spiro atoms. The van der Waals surface area contributed by atoms with Crippen molar-refractivity contribution in [3.8, 4) is 11.5 Å². The van der Waals surface area contributed by atoms with Crippen LogP contribution in [-0.4, -0.2) is 26.2 Å². The molecule has 9 heteroatoms. The number of methoxy groups -OCH3 is 2. The average Bonchev–Trinajstić information content (AvgIpc) is 2.79. The molecule has 0 saturated carbocycles. The van der Waals surface area contributed by atoms with Crippen LogP contribution in [-0.2, 0) is 0 Å². The van der Waals surface area contributed by atoms with Crippen LogP contribution in [0, 0.1) is 0 Å². The Balaban J connectivity index is 1.63. The van der Waals surface area contributed by atoms with E-state index in [2.05, 4.69) is 23.4 Å². The maximum absolute atomic E-state index is 12.5. The van der Waals surface area contributed by atoms with Gasteiger partial charge in [0.1, 0.15) is 11.5 Å². The smallest absolute Gasteiger partial charge is 0.336 e. The first-order valence-electron chi connectivity index (χ1n) is 9.10. The summed E-state index contributed by atoms with van der Waals surface area (Å²) in [6.07, 6.45) is 0. The Morgan fingerprint density at radius 2 is 1.61 bits per heavy atom. The molecule has 0 radical (unpaired) electrons. The third kappa shape index (κ3) is 5.62. The molecule has 3 amide bonds. The number of hydrogen-bond donors (Lipinski definition) is 3. The van der Waals surface area contributed by atoms with Gasteiger partial charge in [0.05, 0.1) is 24.9 Å². The minimum atomic E-state index is -0.474. The SMILES string of the molecule is COc1cccc(C(=O)Nc2ccc(N(S)C(=O)Nc3ccc(OC)c(Cl)c3)cc2)c1. The Hall–Kier alpha value is -3.36. The van der Waals surface area contributed by atoms with Crippen LogP contribution < -0.4 is 24.4 Å². The number of rotatable bonds is 6. The highest BCUT2D eigenvalue weighted by atomic mass is 35.5. The molecular weight excluding hydrogens is 438 g/mol. The van der Waals surface area contributed by atoms with Gasteiger partial charge in [-0.05, 0) is 60.7 Å². The molecule has 0 fully saturated rings. The molecule has 0 aliphatic carbocycles. The Morgan fingerprint density at radius 3 is 2.26 bits per heavy atom. The number of hydrogen-bond acceptors (Lipinski definition) is 5. The van der Waals surface area contributed by atoms with Crippen molar-refractivity contribution in [1.82, 2.24) is 0 Å². The van der Waals surface area contributed by atoms with Crippen molar-refractivity contribution in [1.29, 1.82) is 0 Å². The fourth-order valence-electron chi connectivity index (χ4n) is 2.69. The summed E-state index contributed by atoms with van der Waals surface area (Å²) in [5.41, 5.74) is 2.05. The van der Waals surface area contributed by atoms with Crippen LogP contribution in [0.15, 0.2) is 66.7 Å². The van der Waals surface area contributed by atoms with E-state index in [0.29, 0.717) is 39.1 Å². The molecule has 0 saturated heterocycles. The topological polar surface area (TPSA) is 79.9 Å². The molecule has 0 bridgehead atoms. The van der Waals surface area contributed by atoms with Crippen LogP contribution >= 0.6 is 24.4 Å². The lowest BCUT2D eigenvalue weighted by Crippen LogP contribution is -2.26. The number of thiol groups is 1. The summed E-state index contributed by atoms with van der Waals surface area (Å²) in [5, 5.41) is 5.87. The molecule has 0 aliphatic rings. The van der Waals surface area contributed by atoms with E-state index < -0.39 is 6.03 Å². The summed E-state index contributed by atoms with van der Waals surface area (Å²) < 4.78 is 11.4. The fourth-order valence-corrected chi connectivity index (χ4v) is 3.13. The summed E-state index contributed by atoms with van der Waals surface area (Å²) in [6, 6.07) is 17.9. The molecule has 3 aromatic carbocycles. The van der Waals surface area contributed by atoms with E-state index in [-0.39, 0.29) is 5.91 Å². The van der Waals surface area contributed by atoms with Gasteiger partial charge in [-0.15, -0.1) is 0 Å². The highest BCUT2D eigenvalue weighted by Gasteiger charge is 2.14. The first kappa shape index (κ1) is 22.3. The van der Waals surface area contributed by atoms with Gasteiger partial charge in [0.25, 0.3) is 5.91 Å². The molecule has 0 heterocycles. The molecule has 3 aromatic rings. The summed E-state index contributed by atoms with van der Waals surface area (Å²) in [5.74, 6) is 0.829. The minimum absolute atomic E-state index is 0.275. The second kappa shape index (κ2) is 10.1. The summed E-state index contributed by atoms with van der Waals surface area (Å²) in [6.45, 7) is 0. The number of anilines is 3. The van der Waals surface area contributed by atoms with E-state index in [0.717, 1.165) is 4.31 Å². The van der Waals surface area contributed by atoms with Crippen LogP contribution in [0.25, 0.3) is 0 Å². The molecule has 7 nitrogen and oxygen atoms in total. The van der Waals surface area contributed by atoms with Crippen LogP contribution in [0.4, 0.5) is 21.9 Å². The number of benzene rings is 3. The van der Waals surface area contributed by atoms with Gasteiger partial charge < -0.3 is 20.1 Å². The van der Waals surface area contributed by atoms with Gasteiger partial charge in [0.2, 0.25) is 0 Å². The maximum Gasteiger partial charge on any atom is 0.336 e. The second-order valence-corrected chi connectivity index (χ2v) is 7.13. The van der Waals surface area contributed by atoms with Crippen LogP contribution in [0.1, 0.15) is 10.4 Å². The fraction of sp³-hybridized carbons (Fsp3) is 0.0909. The molecule has 160 valence electrons. The number of halogens is 1. The number of carbonyl (C=O) groups is 2. The normalized spacial score (nSPS) is 10.2. The Labute approximate surface area is 190 Å². The number of amides is 3. The van der Waals surface area contributed by atoms with Crippen molar-refractivity contribution < 1.29 is 19.1 Å². The molecule has 0 unspecified atom stereocenters. The summed E-state index contributed by atoms with van der Waals surface area (Å²) >= 11 is 10.3. The van der Waals surface area contributed by atoms with E-state index in [9.17, 15) is 9.59 Å². The maximum atomic E-state index is 12.5. The van der Waals surface area contributed by atoms with Gasteiger partial charge >= 0.3 is 6.03 Å². The average molecular weight is 458 g/mol. The Bertz CT molecular complexity index is 1090. The first-order valence-corrected chi connectivity index (χ1v) is 9.88. The molecule has 2 N–H and O–H groups in total. The largest absolute Gasteiger partial charge is 0.497 e. The quantitative estimate of drug-likeness (QED) is 0.427. The lowest BCUT2D eigenvalue weighted by atomic mass is 10.2. The lowest BCUT2D eigenvalue weighted by molar-refractivity contribution is 0.102. The van der Waals surface area contributed by atoms with Gasteiger partial charge in [-0.2, -0.15) is 0 Å². The zero-order valence-electron chi connectivity index (χ0n) is 16.8. The standard InChI is InChI=1S/C22H20ClN3O4S/c1-29-18-5-3-4-14(12-18)21(27)24-15-6-9-17(10-7-15)26(31)22(28)25-16-8-11-20(30-2)19(23)13-16/h3-13,31H,1-2H3,(H,24,27)(H,25,28). The summed E-state index contributed by atoms with van der Waals surface area (Å²) in [4.78, 5) is 24.9. The monoisotopic (exact) mass is 457 g/mol. The number of carbonyl (C=O) groups excluding carboxylic acids is 2. The predicted octanol–water partition coefficient (Wildman–Crippen LogP) is 5.49. The molecular formula is C22H20ClN3O4S. The lowest BCUT2D eigenvalue weighted by Gasteiger charge is -2.17. The van der Waals surface area contributed by atoms with Crippen LogP contribution in [0.2, 0.25) is 5.02 Å². The Kier molecular flexibility index (Phi) is 7.28. The molecule has 0 aromatic heterocycles. The van der Waals surface area contributed by atoms with Crippen LogP contribution in [0.5, 0.6) is 11.5 Å². The van der Waals surface area contributed by atoms with E-state index in [4.69, 9.17) is 21.1 Å². The minimum Gasteiger partial charge on any atom is -0.497 e. The van der Waals surface area contributed by atoms with Crippen molar-refractivity contribution >= 4 is 53.4 Å². The molecule has 0 atom stereocenters. The Morgan fingerprint density at radius 1 is 0.903 bits per heavy atom. The summed E-state index contributed by atoms with van der Waals surface area (Å²) in [7, 11) is 3.05. The van der Waals surface area contributed by atoms with Crippen molar-refractivity contribution in [2.75, 3.05) is 29.2 Å². The zero-order chi connectivity index (χ0) is 22.4. The molecule has 0 aliphatic heterocycles. The van der Waals surface area contributed by atoms with E-state index in [1.165, 1.54) is 7.11 Å². The number of nitrogens with one attached hydrogen (secondary N) is 2. The van der Waals surface area contributed by atoms with Gasteiger partial charge in [0.15, 0.2) is 0 Å². The van der Waals surface area contributed by atoms with E-state index >= 15 is 0 Å². The zero-order valence-corrected chi connectivity index (χ0v) is 18.4. The molecule has 31 heavy (non-hydrogen) atoms. The number of nitrogens with zero attached hydrogens (tertiary/aromatic N) is 1. The van der Waals surface area contributed by atoms with Crippen molar-refractivity contribution in [2.24, 2.45) is 0 Å². The van der Waals surface area contributed by atoms with Gasteiger partial charge in [-0.25, -0.2) is 9.10 Å². The highest BCUT2D eigenvalue weighted by Crippen LogP contribution is 2.28. The van der Waals surface area contributed by atoms with E-state index in [1.54, 1.807) is 73.8 Å². The van der Waals surface area contributed by atoms with Crippen molar-refractivity contribution in [3.63, 3.8) is 0 Å². The van der Waals surface area contributed by atoms with Crippen molar-refractivity contribution in [3.05, 3.63) is 77.3 Å². The van der Waals surface area contributed by atoms with Gasteiger partial charge in [-0.1, -0.05) is 30.5 Å². The predicted molar refractivity (Wildman–Crippen MR) is 126 cm³/mol. The third-order valence-corrected chi connectivity index (χ3v) is 5.01. The third-order valence-electron chi connectivity index (χ3n) is 4.30. The number of ether oxygens (including phenoxy) is 2.